The van der Waals surface area contributed by atoms with Crippen LogP contribution in [0.4, 0.5) is 4.39 Å². The van der Waals surface area contributed by atoms with E-state index < -0.39 is 0 Å². The third-order valence-electron chi connectivity index (χ3n) is 7.78. The second kappa shape index (κ2) is 8.71. The van der Waals surface area contributed by atoms with Crippen molar-refractivity contribution in [3.63, 3.8) is 0 Å². The molecule has 2 bridgehead atoms. The third kappa shape index (κ3) is 4.58. The average Bonchev–Trinajstić information content (AvgIpc) is 3.30. The number of carbonyl (C=O) groups is 1. The molecule has 1 saturated heterocycles. The smallest absolute Gasteiger partial charge is 0.233 e. The van der Waals surface area contributed by atoms with Gasteiger partial charge in [-0.05, 0) is 55.1 Å². The van der Waals surface area contributed by atoms with Crippen molar-refractivity contribution in [2.45, 2.75) is 89.4 Å². The molecule has 1 amide bonds. The SMILES string of the molecule is CC1(C)C[C@H]2C[C@@](C)(CN2C(=O)CSc2nnc(-c3ccccc3F)n2C2CCCCC2)C1. The predicted octanol–water partition coefficient (Wildman–Crippen LogP) is 6.11. The minimum absolute atomic E-state index is 0.192. The Morgan fingerprint density at radius 1 is 1.09 bits per heavy atom. The van der Waals surface area contributed by atoms with Crippen molar-refractivity contribution in [1.82, 2.24) is 19.7 Å². The highest BCUT2D eigenvalue weighted by Gasteiger charge is 2.50. The van der Waals surface area contributed by atoms with Crippen LogP contribution in [0, 0.1) is 16.6 Å². The van der Waals surface area contributed by atoms with E-state index in [1.54, 1.807) is 12.1 Å². The normalized spacial score (nSPS) is 27.2. The number of thioether (sulfide) groups is 1. The Hall–Kier alpha value is -1.89. The second-order valence-corrected chi connectivity index (χ2v) is 12.4. The summed E-state index contributed by atoms with van der Waals surface area (Å²) >= 11 is 1.47. The zero-order valence-electron chi connectivity index (χ0n) is 20.0. The molecule has 2 saturated carbocycles. The fourth-order valence-corrected chi connectivity index (χ4v) is 7.72. The van der Waals surface area contributed by atoms with E-state index in [1.807, 2.05) is 6.07 Å². The minimum Gasteiger partial charge on any atom is -0.338 e. The van der Waals surface area contributed by atoms with E-state index in [4.69, 9.17) is 0 Å². The van der Waals surface area contributed by atoms with Crippen molar-refractivity contribution in [3.05, 3.63) is 30.1 Å². The molecule has 2 atom stereocenters. The van der Waals surface area contributed by atoms with Gasteiger partial charge in [-0.2, -0.15) is 0 Å². The highest BCUT2D eigenvalue weighted by Crippen LogP contribution is 2.52. The molecule has 0 radical (unpaired) electrons. The van der Waals surface area contributed by atoms with Crippen LogP contribution in [-0.2, 0) is 4.79 Å². The van der Waals surface area contributed by atoms with E-state index in [0.717, 1.165) is 50.2 Å². The summed E-state index contributed by atoms with van der Waals surface area (Å²) in [4.78, 5) is 15.4. The quantitative estimate of drug-likeness (QED) is 0.495. The van der Waals surface area contributed by atoms with Crippen molar-refractivity contribution < 1.29 is 9.18 Å². The largest absolute Gasteiger partial charge is 0.338 e. The molecular weight excluding hydrogens is 435 g/mol. The van der Waals surface area contributed by atoms with Gasteiger partial charge in [-0.3, -0.25) is 9.36 Å². The Morgan fingerprint density at radius 2 is 1.85 bits per heavy atom. The summed E-state index contributed by atoms with van der Waals surface area (Å²) < 4.78 is 16.7. The Bertz CT molecular complexity index is 1030. The first kappa shape index (κ1) is 22.9. The molecule has 1 aromatic heterocycles. The van der Waals surface area contributed by atoms with Crippen LogP contribution in [0.2, 0.25) is 0 Å². The molecule has 0 N–H and O–H groups in total. The number of fused-ring (bicyclic) bond motifs is 2. The maximum atomic E-state index is 14.6. The number of nitrogens with zero attached hydrogens (tertiary/aromatic N) is 4. The lowest BCUT2D eigenvalue weighted by atomic mass is 9.65. The fraction of sp³-hybridized carbons (Fsp3) is 0.654. The van der Waals surface area contributed by atoms with Crippen LogP contribution >= 0.6 is 11.8 Å². The van der Waals surface area contributed by atoms with Gasteiger partial charge < -0.3 is 4.90 Å². The van der Waals surface area contributed by atoms with Gasteiger partial charge in [0, 0.05) is 18.6 Å². The van der Waals surface area contributed by atoms with Gasteiger partial charge in [0.15, 0.2) is 11.0 Å². The number of halogens is 1. The zero-order chi connectivity index (χ0) is 23.2. The van der Waals surface area contributed by atoms with Crippen molar-refractivity contribution in [3.8, 4) is 11.4 Å². The molecule has 5 rings (SSSR count). The van der Waals surface area contributed by atoms with Gasteiger partial charge in [0.25, 0.3) is 0 Å². The van der Waals surface area contributed by atoms with Crippen molar-refractivity contribution in [2.24, 2.45) is 10.8 Å². The number of rotatable bonds is 5. The van der Waals surface area contributed by atoms with Crippen LogP contribution in [0.3, 0.4) is 0 Å². The molecule has 178 valence electrons. The molecule has 2 heterocycles. The predicted molar refractivity (Wildman–Crippen MR) is 130 cm³/mol. The first-order valence-electron chi connectivity index (χ1n) is 12.4. The summed E-state index contributed by atoms with van der Waals surface area (Å²) in [6.45, 7) is 7.85. The van der Waals surface area contributed by atoms with Crippen LogP contribution in [0.25, 0.3) is 11.4 Å². The molecule has 0 spiro atoms. The molecule has 7 heteroatoms. The van der Waals surface area contributed by atoms with Gasteiger partial charge in [-0.25, -0.2) is 4.39 Å². The topological polar surface area (TPSA) is 51.0 Å². The molecule has 2 aromatic rings. The highest BCUT2D eigenvalue weighted by atomic mass is 32.2. The highest BCUT2D eigenvalue weighted by molar-refractivity contribution is 7.99. The number of hydrogen-bond donors (Lipinski definition) is 0. The summed E-state index contributed by atoms with van der Waals surface area (Å²) in [6, 6.07) is 7.37. The number of carbonyl (C=O) groups excluding carboxylic acids is 1. The van der Waals surface area contributed by atoms with Crippen molar-refractivity contribution >= 4 is 17.7 Å². The average molecular weight is 471 g/mol. The molecule has 33 heavy (non-hydrogen) atoms. The molecule has 1 aromatic carbocycles. The zero-order valence-corrected chi connectivity index (χ0v) is 20.8. The monoisotopic (exact) mass is 470 g/mol. The van der Waals surface area contributed by atoms with Crippen molar-refractivity contribution in [1.29, 1.82) is 0 Å². The van der Waals surface area contributed by atoms with Crippen molar-refractivity contribution in [2.75, 3.05) is 12.3 Å². The summed E-state index contributed by atoms with van der Waals surface area (Å²) in [5.41, 5.74) is 1.000. The summed E-state index contributed by atoms with van der Waals surface area (Å²) in [6.07, 6.45) is 9.01. The standard InChI is InChI=1S/C26H35FN4OS/c1-25(2)13-19-14-26(3,16-25)17-30(19)22(32)15-33-24-29-28-23(20-11-7-8-12-21(20)27)31(24)18-9-5-4-6-10-18/h7-8,11-12,18-19H,4-6,9-10,13-17H2,1-3H3/t19-,26+/m0/s1. The van der Waals surface area contributed by atoms with E-state index in [1.165, 1.54) is 30.7 Å². The molecular formula is C26H35FN4OS. The van der Waals surface area contributed by atoms with Crippen LogP contribution in [0.1, 0.15) is 78.2 Å². The second-order valence-electron chi connectivity index (χ2n) is 11.5. The summed E-state index contributed by atoms with van der Waals surface area (Å²) in [7, 11) is 0. The summed E-state index contributed by atoms with van der Waals surface area (Å²) in [5, 5.41) is 9.60. The van der Waals surface area contributed by atoms with E-state index in [2.05, 4.69) is 40.4 Å². The van der Waals surface area contributed by atoms with E-state index in [9.17, 15) is 9.18 Å². The molecule has 3 aliphatic rings. The van der Waals surface area contributed by atoms with Gasteiger partial charge in [0.2, 0.25) is 5.91 Å². The Labute approximate surface area is 200 Å². The van der Waals surface area contributed by atoms with Gasteiger partial charge >= 0.3 is 0 Å². The fourth-order valence-electron chi connectivity index (χ4n) is 6.83. The molecule has 2 aliphatic carbocycles. The van der Waals surface area contributed by atoms with E-state index in [0.29, 0.717) is 23.2 Å². The Balaban J connectivity index is 1.37. The number of amides is 1. The maximum Gasteiger partial charge on any atom is 0.233 e. The number of benzene rings is 1. The molecule has 3 fully saturated rings. The minimum atomic E-state index is -0.283. The number of hydrogen-bond acceptors (Lipinski definition) is 4. The maximum absolute atomic E-state index is 14.6. The van der Waals surface area contributed by atoms with Crippen LogP contribution < -0.4 is 0 Å². The Morgan fingerprint density at radius 3 is 2.61 bits per heavy atom. The first-order valence-corrected chi connectivity index (χ1v) is 13.4. The lowest BCUT2D eigenvalue weighted by molar-refractivity contribution is -0.129. The van der Waals surface area contributed by atoms with Crippen LogP contribution in [0.5, 0.6) is 0 Å². The van der Waals surface area contributed by atoms with E-state index >= 15 is 0 Å². The van der Waals surface area contributed by atoms with Gasteiger partial charge in [-0.1, -0.05) is 63.9 Å². The first-order chi connectivity index (χ1) is 15.7. The molecule has 1 aliphatic heterocycles. The van der Waals surface area contributed by atoms with Gasteiger partial charge in [-0.15, -0.1) is 10.2 Å². The lowest BCUT2D eigenvalue weighted by Gasteiger charge is -2.39. The van der Waals surface area contributed by atoms with Gasteiger partial charge in [0.05, 0.1) is 11.3 Å². The number of likely N-dealkylation sites (tertiary alicyclic amines) is 1. The molecule has 5 nitrogen and oxygen atoms in total. The molecule has 0 unspecified atom stereocenters. The van der Waals surface area contributed by atoms with Gasteiger partial charge in [0.1, 0.15) is 5.82 Å². The third-order valence-corrected chi connectivity index (χ3v) is 8.71. The van der Waals surface area contributed by atoms with E-state index in [-0.39, 0.29) is 28.6 Å². The van der Waals surface area contributed by atoms with Crippen LogP contribution in [0.15, 0.2) is 29.4 Å². The number of aromatic nitrogens is 3. The van der Waals surface area contributed by atoms with Crippen LogP contribution in [-0.4, -0.2) is 43.9 Å². The Kier molecular flexibility index (Phi) is 6.04. The summed E-state index contributed by atoms with van der Waals surface area (Å²) in [5.74, 6) is 0.850. The lowest BCUT2D eigenvalue weighted by Crippen LogP contribution is -2.38.